The van der Waals surface area contributed by atoms with Crippen LogP contribution in [0.3, 0.4) is 0 Å². The van der Waals surface area contributed by atoms with E-state index < -0.39 is 6.89 Å². The van der Waals surface area contributed by atoms with Crippen LogP contribution in [0.15, 0.2) is 24.4 Å². The van der Waals surface area contributed by atoms with Crippen LogP contribution in [0.25, 0.3) is 10.9 Å². The summed E-state index contributed by atoms with van der Waals surface area (Å²) in [7, 11) is 0. The fourth-order valence-corrected chi connectivity index (χ4v) is 4.44. The van der Waals surface area contributed by atoms with E-state index in [9.17, 15) is 0 Å². The second-order valence-electron chi connectivity index (χ2n) is 6.98. The van der Waals surface area contributed by atoms with Crippen LogP contribution in [0.4, 0.5) is 0 Å². The SMILES string of the molecule is C=P(C)(C)c1c(C(C)(C)C)ccc2ncc(C)cc12. The minimum Gasteiger partial charge on any atom is -0.256 e. The highest BCUT2D eigenvalue weighted by Gasteiger charge is 2.23. The van der Waals surface area contributed by atoms with Gasteiger partial charge in [0.2, 0.25) is 0 Å². The Bertz CT molecular complexity index is 671. The molecule has 102 valence electrons. The van der Waals surface area contributed by atoms with E-state index in [2.05, 4.69) is 70.5 Å². The number of pyridine rings is 1. The quantitative estimate of drug-likeness (QED) is 0.710. The van der Waals surface area contributed by atoms with E-state index in [0.717, 1.165) is 5.52 Å². The lowest BCUT2D eigenvalue weighted by molar-refractivity contribution is 0.595. The summed E-state index contributed by atoms with van der Waals surface area (Å²) < 4.78 is 0. The summed E-state index contributed by atoms with van der Waals surface area (Å²) in [5.74, 6) is 0. The monoisotopic (exact) mass is 273 g/mol. The van der Waals surface area contributed by atoms with Gasteiger partial charge in [0.15, 0.2) is 0 Å². The molecular weight excluding hydrogens is 249 g/mol. The van der Waals surface area contributed by atoms with Crippen molar-refractivity contribution in [2.24, 2.45) is 0 Å². The average Bonchev–Trinajstić information content (AvgIpc) is 2.24. The Morgan fingerprint density at radius 2 is 1.79 bits per heavy atom. The minimum atomic E-state index is -1.36. The zero-order valence-corrected chi connectivity index (χ0v) is 13.8. The number of fused-ring (bicyclic) bond motifs is 1. The van der Waals surface area contributed by atoms with E-state index in [1.165, 1.54) is 21.8 Å². The largest absolute Gasteiger partial charge is 0.256 e. The number of rotatable bonds is 1. The maximum absolute atomic E-state index is 4.57. The van der Waals surface area contributed by atoms with Gasteiger partial charge in [-0.3, -0.25) is 4.98 Å². The van der Waals surface area contributed by atoms with Crippen molar-refractivity contribution < 1.29 is 0 Å². The second-order valence-corrected chi connectivity index (χ2v) is 10.8. The van der Waals surface area contributed by atoms with Gasteiger partial charge in [-0.2, -0.15) is 0 Å². The van der Waals surface area contributed by atoms with E-state index in [0.29, 0.717) is 0 Å². The van der Waals surface area contributed by atoms with Crippen LogP contribution >= 0.6 is 6.89 Å². The third kappa shape index (κ3) is 2.77. The van der Waals surface area contributed by atoms with Crippen LogP contribution in [0.5, 0.6) is 0 Å². The Morgan fingerprint density at radius 3 is 2.32 bits per heavy atom. The van der Waals surface area contributed by atoms with Gasteiger partial charge in [-0.15, -0.1) is 0 Å². The molecule has 0 atom stereocenters. The lowest BCUT2D eigenvalue weighted by Gasteiger charge is -2.28. The third-order valence-corrected chi connectivity index (χ3v) is 5.08. The summed E-state index contributed by atoms with van der Waals surface area (Å²) in [5.41, 5.74) is 3.86. The van der Waals surface area contributed by atoms with E-state index in [4.69, 9.17) is 0 Å². The molecule has 0 aliphatic rings. The molecule has 2 heteroatoms. The molecule has 1 heterocycles. The van der Waals surface area contributed by atoms with Crippen LogP contribution in [-0.4, -0.2) is 24.6 Å². The number of nitrogens with zero attached hydrogens (tertiary/aromatic N) is 1. The summed E-state index contributed by atoms with van der Waals surface area (Å²) in [6.07, 6.45) is 6.42. The normalized spacial score (nSPS) is 12.9. The van der Waals surface area contributed by atoms with Gasteiger partial charge in [-0.25, -0.2) is 0 Å². The Kier molecular flexibility index (Phi) is 3.39. The molecule has 1 aromatic heterocycles. The zero-order chi connectivity index (χ0) is 14.4. The maximum atomic E-state index is 4.57. The van der Waals surface area contributed by atoms with Gasteiger partial charge in [-0.1, -0.05) is 40.0 Å². The molecule has 0 radical (unpaired) electrons. The average molecular weight is 273 g/mol. The van der Waals surface area contributed by atoms with Crippen LogP contribution in [0.1, 0.15) is 31.9 Å². The summed E-state index contributed by atoms with van der Waals surface area (Å²) >= 11 is 0. The molecule has 0 saturated heterocycles. The highest BCUT2D eigenvalue weighted by molar-refractivity contribution is 7.79. The van der Waals surface area contributed by atoms with Crippen molar-refractivity contribution in [1.82, 2.24) is 4.98 Å². The Balaban J connectivity index is 2.97. The zero-order valence-electron chi connectivity index (χ0n) is 12.9. The van der Waals surface area contributed by atoms with Crippen LogP contribution < -0.4 is 5.30 Å². The lowest BCUT2D eigenvalue weighted by atomic mass is 9.86. The topological polar surface area (TPSA) is 12.9 Å². The van der Waals surface area contributed by atoms with Crippen molar-refractivity contribution in [3.8, 4) is 0 Å². The number of benzene rings is 1. The summed E-state index contributed by atoms with van der Waals surface area (Å²) in [4.78, 5) is 4.57. The van der Waals surface area contributed by atoms with E-state index in [1.807, 2.05) is 6.20 Å². The van der Waals surface area contributed by atoms with E-state index >= 15 is 0 Å². The van der Waals surface area contributed by atoms with Crippen molar-refractivity contribution in [1.29, 1.82) is 0 Å². The van der Waals surface area contributed by atoms with Crippen molar-refractivity contribution in [2.75, 3.05) is 13.3 Å². The van der Waals surface area contributed by atoms with Crippen molar-refractivity contribution in [2.45, 2.75) is 33.1 Å². The number of aromatic nitrogens is 1. The molecule has 2 rings (SSSR count). The number of hydrogen-bond donors (Lipinski definition) is 0. The Labute approximate surface area is 117 Å². The second kappa shape index (κ2) is 4.49. The molecule has 2 aromatic rings. The summed E-state index contributed by atoms with van der Waals surface area (Å²) in [5, 5.41) is 2.73. The van der Waals surface area contributed by atoms with Gasteiger partial charge in [0, 0.05) is 11.6 Å². The van der Waals surface area contributed by atoms with Crippen LogP contribution in [-0.2, 0) is 5.41 Å². The number of hydrogen-bond acceptors (Lipinski definition) is 1. The van der Waals surface area contributed by atoms with Gasteiger partial charge in [0.1, 0.15) is 0 Å². The lowest BCUT2D eigenvalue weighted by Crippen LogP contribution is -2.23. The van der Waals surface area contributed by atoms with Gasteiger partial charge in [-0.05, 0) is 54.2 Å². The van der Waals surface area contributed by atoms with E-state index in [-0.39, 0.29) is 5.41 Å². The van der Waals surface area contributed by atoms with Crippen molar-refractivity contribution in [3.05, 3.63) is 35.5 Å². The molecule has 0 amide bonds. The smallest absolute Gasteiger partial charge is 0.0708 e. The van der Waals surface area contributed by atoms with Crippen molar-refractivity contribution >= 4 is 29.4 Å². The highest BCUT2D eigenvalue weighted by Crippen LogP contribution is 2.41. The summed E-state index contributed by atoms with van der Waals surface area (Å²) in [6.45, 7) is 12.2. The standard InChI is InChI=1S/C17H24NP/c1-12-10-13-15(18-11-12)9-8-14(17(2,3)4)16(13)19(5,6)7/h8-11H,5H2,1-4,6-7H3. The van der Waals surface area contributed by atoms with Gasteiger partial charge >= 0.3 is 0 Å². The predicted molar refractivity (Wildman–Crippen MR) is 90.7 cm³/mol. The van der Waals surface area contributed by atoms with Gasteiger partial charge in [0.05, 0.1) is 5.52 Å². The fourth-order valence-electron chi connectivity index (χ4n) is 2.55. The molecule has 1 nitrogen and oxygen atoms in total. The molecule has 0 aliphatic heterocycles. The van der Waals surface area contributed by atoms with Crippen molar-refractivity contribution in [3.63, 3.8) is 0 Å². The van der Waals surface area contributed by atoms with Crippen LogP contribution in [0.2, 0.25) is 0 Å². The van der Waals surface area contributed by atoms with E-state index in [1.54, 1.807) is 0 Å². The number of aryl methyl sites for hydroxylation is 1. The molecule has 0 fully saturated rings. The first kappa shape index (κ1) is 14.3. The first-order valence-corrected chi connectivity index (χ1v) is 9.56. The molecule has 0 bridgehead atoms. The van der Waals surface area contributed by atoms with Crippen LogP contribution in [0, 0.1) is 6.92 Å². The molecule has 0 N–H and O–H groups in total. The molecule has 1 aromatic carbocycles. The van der Waals surface area contributed by atoms with Gasteiger partial charge in [0.25, 0.3) is 0 Å². The fraction of sp³-hybridized carbons (Fsp3) is 0.412. The van der Waals surface area contributed by atoms with Gasteiger partial charge < -0.3 is 0 Å². The highest BCUT2D eigenvalue weighted by atomic mass is 31.2. The Morgan fingerprint density at radius 1 is 1.16 bits per heavy atom. The molecule has 0 unspecified atom stereocenters. The summed E-state index contributed by atoms with van der Waals surface area (Å²) in [6, 6.07) is 6.65. The predicted octanol–water partition coefficient (Wildman–Crippen LogP) is 4.18. The maximum Gasteiger partial charge on any atom is 0.0708 e. The molecule has 0 spiro atoms. The first-order chi connectivity index (χ1) is 8.60. The Hall–Kier alpha value is -1.07. The molecule has 19 heavy (non-hydrogen) atoms. The molecular formula is C17H24NP. The third-order valence-electron chi connectivity index (χ3n) is 3.39. The minimum absolute atomic E-state index is 0.141. The molecule has 0 aliphatic carbocycles. The molecule has 0 saturated carbocycles. The first-order valence-electron chi connectivity index (χ1n) is 6.69.